The number of halogens is 1. The van der Waals surface area contributed by atoms with E-state index in [1.807, 2.05) is 36.4 Å². The van der Waals surface area contributed by atoms with Gasteiger partial charge in [0.15, 0.2) is 0 Å². The van der Waals surface area contributed by atoms with Gasteiger partial charge in [-0.05, 0) is 42.0 Å². The van der Waals surface area contributed by atoms with Crippen molar-refractivity contribution in [3.63, 3.8) is 0 Å². The minimum Gasteiger partial charge on any atom is -0.507 e. The Labute approximate surface area is 167 Å². The van der Waals surface area contributed by atoms with Gasteiger partial charge in [0.1, 0.15) is 11.5 Å². The van der Waals surface area contributed by atoms with E-state index in [1.165, 1.54) is 24.3 Å². The van der Waals surface area contributed by atoms with Crippen LogP contribution in [-0.2, 0) is 6.42 Å². The Morgan fingerprint density at radius 2 is 1.89 bits per heavy atom. The number of hydrogen-bond acceptors (Lipinski definition) is 4. The van der Waals surface area contributed by atoms with Crippen LogP contribution >= 0.6 is 11.6 Å². The van der Waals surface area contributed by atoms with E-state index in [-0.39, 0.29) is 11.3 Å². The topological polar surface area (TPSA) is 82.3 Å². The number of anilines is 1. The lowest BCUT2D eigenvalue weighted by atomic mass is 10.1. The summed E-state index contributed by atoms with van der Waals surface area (Å²) in [6, 6.07) is 20.9. The second kappa shape index (κ2) is 8.94. The van der Waals surface area contributed by atoms with Gasteiger partial charge >= 0.3 is 0 Å². The molecule has 1 amide bonds. The van der Waals surface area contributed by atoms with Crippen molar-refractivity contribution in [2.75, 3.05) is 11.9 Å². The summed E-state index contributed by atoms with van der Waals surface area (Å²) in [5.74, 6) is -0.308. The van der Waals surface area contributed by atoms with Gasteiger partial charge in [-0.15, -0.1) is 0 Å². The largest absolute Gasteiger partial charge is 0.507 e. The highest BCUT2D eigenvalue weighted by molar-refractivity contribution is 6.31. The summed E-state index contributed by atoms with van der Waals surface area (Å²) in [5.41, 5.74) is 1.88. The van der Waals surface area contributed by atoms with Crippen LogP contribution < -0.4 is 10.1 Å². The summed E-state index contributed by atoms with van der Waals surface area (Å²) >= 11 is 5.91. The molecule has 0 radical (unpaired) electrons. The highest BCUT2D eigenvalue weighted by atomic mass is 35.5. The summed E-state index contributed by atoms with van der Waals surface area (Å²) in [6.07, 6.45) is 0.698. The van der Waals surface area contributed by atoms with Crippen LogP contribution in [0, 0.1) is 11.3 Å². The molecule has 3 aromatic rings. The third-order valence-corrected chi connectivity index (χ3v) is 4.29. The second-order valence-corrected chi connectivity index (χ2v) is 6.46. The summed E-state index contributed by atoms with van der Waals surface area (Å²) in [4.78, 5) is 12.6. The molecule has 0 aliphatic rings. The highest BCUT2D eigenvalue weighted by Gasteiger charge is 2.15. The van der Waals surface area contributed by atoms with Crippen LogP contribution in [0.25, 0.3) is 0 Å². The molecule has 0 unspecified atom stereocenters. The number of nitrogens with zero attached hydrogens (tertiary/aromatic N) is 1. The number of carbonyl (C=O) groups excluding carboxylic acids is 1. The SMILES string of the molecule is N#Cc1ccc(OCCc2ccccc2)c(NC(=O)c2cc(Cl)ccc2O)c1. The van der Waals surface area contributed by atoms with E-state index in [1.54, 1.807) is 12.1 Å². The zero-order chi connectivity index (χ0) is 19.9. The lowest BCUT2D eigenvalue weighted by Crippen LogP contribution is -2.14. The number of aromatic hydroxyl groups is 1. The smallest absolute Gasteiger partial charge is 0.259 e. The fourth-order valence-corrected chi connectivity index (χ4v) is 2.80. The van der Waals surface area contributed by atoms with Gasteiger partial charge in [-0.1, -0.05) is 41.9 Å². The maximum absolute atomic E-state index is 12.6. The number of phenolic OH excluding ortho intramolecular Hbond substituents is 1. The van der Waals surface area contributed by atoms with E-state index in [0.29, 0.717) is 35.1 Å². The third-order valence-electron chi connectivity index (χ3n) is 4.05. The first-order valence-electron chi connectivity index (χ1n) is 8.57. The minimum atomic E-state index is -0.553. The molecule has 3 rings (SSSR count). The first kappa shape index (κ1) is 19.3. The molecular formula is C22H17ClN2O3. The van der Waals surface area contributed by atoms with Crippen molar-refractivity contribution in [2.45, 2.75) is 6.42 Å². The molecule has 5 nitrogen and oxygen atoms in total. The van der Waals surface area contributed by atoms with Gasteiger partial charge in [0.25, 0.3) is 5.91 Å². The van der Waals surface area contributed by atoms with Crippen molar-refractivity contribution in [2.24, 2.45) is 0 Å². The van der Waals surface area contributed by atoms with Crippen LogP contribution in [-0.4, -0.2) is 17.6 Å². The zero-order valence-corrected chi connectivity index (χ0v) is 15.6. The van der Waals surface area contributed by atoms with Gasteiger partial charge < -0.3 is 15.2 Å². The van der Waals surface area contributed by atoms with Crippen molar-refractivity contribution >= 4 is 23.2 Å². The number of nitriles is 1. The number of benzene rings is 3. The van der Waals surface area contributed by atoms with E-state index in [4.69, 9.17) is 21.6 Å². The molecule has 2 N–H and O–H groups in total. The molecule has 0 aliphatic heterocycles. The molecule has 0 saturated carbocycles. The number of nitrogens with one attached hydrogen (secondary N) is 1. The van der Waals surface area contributed by atoms with Gasteiger partial charge in [-0.25, -0.2) is 0 Å². The average Bonchev–Trinajstić information content (AvgIpc) is 2.71. The minimum absolute atomic E-state index is 0.0325. The molecule has 140 valence electrons. The molecule has 0 saturated heterocycles. The maximum atomic E-state index is 12.6. The molecular weight excluding hydrogens is 376 g/mol. The van der Waals surface area contributed by atoms with Crippen molar-refractivity contribution < 1.29 is 14.6 Å². The predicted octanol–water partition coefficient (Wildman–Crippen LogP) is 4.79. The predicted molar refractivity (Wildman–Crippen MR) is 108 cm³/mol. The Bertz CT molecular complexity index is 1030. The molecule has 0 bridgehead atoms. The van der Waals surface area contributed by atoms with Crippen LogP contribution in [0.4, 0.5) is 5.69 Å². The lowest BCUT2D eigenvalue weighted by Gasteiger charge is -2.14. The van der Waals surface area contributed by atoms with Crippen LogP contribution in [0.15, 0.2) is 66.7 Å². The van der Waals surface area contributed by atoms with Crippen molar-refractivity contribution in [3.05, 3.63) is 88.4 Å². The van der Waals surface area contributed by atoms with Gasteiger partial charge in [0, 0.05) is 11.4 Å². The Balaban J connectivity index is 1.78. The Kier molecular flexibility index (Phi) is 6.15. The zero-order valence-electron chi connectivity index (χ0n) is 14.9. The van der Waals surface area contributed by atoms with Crippen molar-refractivity contribution in [3.8, 4) is 17.6 Å². The standard InChI is InChI=1S/C22H17ClN2O3/c23-17-7-8-20(26)18(13-17)22(27)25-19-12-16(14-24)6-9-21(19)28-11-10-15-4-2-1-3-5-15/h1-9,12-13,26H,10-11H2,(H,25,27). The molecule has 0 atom stereocenters. The summed E-state index contributed by atoms with van der Waals surface area (Å²) in [6.45, 7) is 0.404. The molecule has 0 aliphatic carbocycles. The number of ether oxygens (including phenoxy) is 1. The fourth-order valence-electron chi connectivity index (χ4n) is 2.63. The number of amides is 1. The van der Waals surface area contributed by atoms with Gasteiger partial charge in [-0.2, -0.15) is 5.26 Å². The Morgan fingerprint density at radius 3 is 2.64 bits per heavy atom. The van der Waals surface area contributed by atoms with E-state index in [0.717, 1.165) is 5.56 Å². The lowest BCUT2D eigenvalue weighted by molar-refractivity contribution is 0.102. The van der Waals surface area contributed by atoms with E-state index < -0.39 is 5.91 Å². The van der Waals surface area contributed by atoms with E-state index >= 15 is 0 Å². The first-order chi connectivity index (χ1) is 13.6. The molecule has 28 heavy (non-hydrogen) atoms. The fraction of sp³-hybridized carbons (Fsp3) is 0.0909. The number of phenols is 1. The molecule has 0 fully saturated rings. The second-order valence-electron chi connectivity index (χ2n) is 6.02. The Hall–Kier alpha value is -3.49. The van der Waals surface area contributed by atoms with Gasteiger partial charge in [0.05, 0.1) is 29.5 Å². The maximum Gasteiger partial charge on any atom is 0.259 e. The summed E-state index contributed by atoms with van der Waals surface area (Å²) in [5, 5.41) is 22.1. The van der Waals surface area contributed by atoms with Gasteiger partial charge in [-0.3, -0.25) is 4.79 Å². The van der Waals surface area contributed by atoms with Crippen LogP contribution in [0.2, 0.25) is 5.02 Å². The Morgan fingerprint density at radius 1 is 1.11 bits per heavy atom. The summed E-state index contributed by atoms with van der Waals surface area (Å²) in [7, 11) is 0. The van der Waals surface area contributed by atoms with Crippen LogP contribution in [0.3, 0.4) is 0 Å². The number of rotatable bonds is 6. The van der Waals surface area contributed by atoms with E-state index in [2.05, 4.69) is 5.32 Å². The van der Waals surface area contributed by atoms with Crippen LogP contribution in [0.5, 0.6) is 11.5 Å². The third kappa shape index (κ3) is 4.81. The first-order valence-corrected chi connectivity index (χ1v) is 8.95. The van der Waals surface area contributed by atoms with Gasteiger partial charge in [0.2, 0.25) is 0 Å². The molecule has 0 aromatic heterocycles. The highest BCUT2D eigenvalue weighted by Crippen LogP contribution is 2.28. The number of carbonyl (C=O) groups is 1. The number of hydrogen-bond donors (Lipinski definition) is 2. The van der Waals surface area contributed by atoms with E-state index in [9.17, 15) is 9.90 Å². The van der Waals surface area contributed by atoms with Crippen molar-refractivity contribution in [1.29, 1.82) is 5.26 Å². The van der Waals surface area contributed by atoms with Crippen molar-refractivity contribution in [1.82, 2.24) is 0 Å². The van der Waals surface area contributed by atoms with Crippen LogP contribution in [0.1, 0.15) is 21.5 Å². The average molecular weight is 393 g/mol. The molecule has 0 spiro atoms. The molecule has 3 aromatic carbocycles. The molecule has 6 heteroatoms. The summed E-state index contributed by atoms with van der Waals surface area (Å²) < 4.78 is 5.82. The normalized spacial score (nSPS) is 10.1. The monoisotopic (exact) mass is 392 g/mol. The quantitative estimate of drug-likeness (QED) is 0.631. The molecule has 0 heterocycles.